The van der Waals surface area contributed by atoms with E-state index in [0.717, 1.165) is 4.90 Å². The third-order valence-electron chi connectivity index (χ3n) is 2.14. The molecule has 0 saturated heterocycles. The van der Waals surface area contributed by atoms with Gasteiger partial charge in [0.1, 0.15) is 0 Å². The van der Waals surface area contributed by atoms with Crippen molar-refractivity contribution in [1.29, 1.82) is 0 Å². The monoisotopic (exact) mass is 187 g/mol. The molecular formula is C10H14LiNS. The van der Waals surface area contributed by atoms with Crippen LogP contribution in [-0.2, 0) is 12.6 Å². The van der Waals surface area contributed by atoms with Crippen molar-refractivity contribution in [2.75, 3.05) is 14.1 Å². The number of benzene rings is 1. The van der Waals surface area contributed by atoms with Gasteiger partial charge in [0.15, 0.2) is 0 Å². The van der Waals surface area contributed by atoms with Gasteiger partial charge in [0.05, 0.1) is 0 Å². The van der Waals surface area contributed by atoms with Gasteiger partial charge in [-0.1, -0.05) is 29.8 Å². The van der Waals surface area contributed by atoms with Crippen molar-refractivity contribution in [3.8, 4) is 0 Å². The van der Waals surface area contributed by atoms with Crippen LogP contribution in [0.15, 0.2) is 29.2 Å². The van der Waals surface area contributed by atoms with Gasteiger partial charge in [0.2, 0.25) is 0 Å². The molecular weight excluding hydrogens is 173 g/mol. The number of nitrogens with zero attached hydrogens (tertiary/aromatic N) is 1. The summed E-state index contributed by atoms with van der Waals surface area (Å²) in [4.78, 5) is 3.12. The maximum atomic E-state index is 5.22. The molecule has 1 atom stereocenters. The summed E-state index contributed by atoms with van der Waals surface area (Å²) in [6.45, 7) is 2.16. The number of hydrogen-bond donors (Lipinski definition) is 0. The van der Waals surface area contributed by atoms with E-state index in [-0.39, 0.29) is 18.9 Å². The van der Waals surface area contributed by atoms with Gasteiger partial charge in [-0.05, 0) is 21.0 Å². The van der Waals surface area contributed by atoms with Crippen molar-refractivity contribution in [2.45, 2.75) is 17.9 Å². The number of hydrogen-bond acceptors (Lipinski definition) is 2. The third-order valence-corrected chi connectivity index (χ3v) is 2.52. The fourth-order valence-electron chi connectivity index (χ4n) is 1.10. The molecule has 1 nitrogen and oxygen atoms in total. The van der Waals surface area contributed by atoms with E-state index < -0.39 is 0 Å². The van der Waals surface area contributed by atoms with Crippen LogP contribution in [0.2, 0.25) is 0 Å². The van der Waals surface area contributed by atoms with Crippen LogP contribution in [0.5, 0.6) is 0 Å². The molecule has 1 aromatic carbocycles. The molecule has 0 bridgehead atoms. The molecule has 0 spiro atoms. The standard InChI is InChI=1S/C10H15NS.Li/c1-8(11(2)3)9-6-4-5-7-10(9)12;/h4-8,12H,1-3H3;/q;+1/p-1. The number of rotatable bonds is 2. The van der Waals surface area contributed by atoms with Gasteiger partial charge in [0.25, 0.3) is 0 Å². The first-order valence-corrected chi connectivity index (χ1v) is 4.46. The molecule has 0 amide bonds. The van der Waals surface area contributed by atoms with Gasteiger partial charge in [-0.25, -0.2) is 0 Å². The van der Waals surface area contributed by atoms with E-state index in [2.05, 4.69) is 32.0 Å². The Morgan fingerprint density at radius 1 is 1.23 bits per heavy atom. The van der Waals surface area contributed by atoms with E-state index in [0.29, 0.717) is 6.04 Å². The van der Waals surface area contributed by atoms with Crippen molar-refractivity contribution in [1.82, 2.24) is 4.90 Å². The molecule has 0 heterocycles. The topological polar surface area (TPSA) is 3.24 Å². The summed E-state index contributed by atoms with van der Waals surface area (Å²) in [6, 6.07) is 8.48. The summed E-state index contributed by atoms with van der Waals surface area (Å²) in [7, 11) is 4.12. The van der Waals surface area contributed by atoms with E-state index in [1.807, 2.05) is 18.2 Å². The van der Waals surface area contributed by atoms with E-state index >= 15 is 0 Å². The Hall–Kier alpha value is -0.00260. The summed E-state index contributed by atoms with van der Waals surface area (Å²) < 4.78 is 0. The molecule has 0 aromatic heterocycles. The third kappa shape index (κ3) is 3.32. The van der Waals surface area contributed by atoms with Gasteiger partial charge in [-0.2, -0.15) is 4.90 Å². The van der Waals surface area contributed by atoms with E-state index in [1.54, 1.807) is 0 Å². The van der Waals surface area contributed by atoms with Crippen LogP contribution in [0.1, 0.15) is 18.5 Å². The molecule has 3 heteroatoms. The summed E-state index contributed by atoms with van der Waals surface area (Å²) in [5.74, 6) is 0. The second-order valence-electron chi connectivity index (χ2n) is 3.18. The normalized spacial score (nSPS) is 12.3. The van der Waals surface area contributed by atoms with Gasteiger partial charge in [-0.3, -0.25) is 0 Å². The Morgan fingerprint density at radius 2 is 1.77 bits per heavy atom. The first-order chi connectivity index (χ1) is 5.63. The minimum atomic E-state index is 0. The SMILES string of the molecule is CC(c1ccccc1[S-])N(C)C.[Li+]. The Morgan fingerprint density at radius 3 is 2.23 bits per heavy atom. The molecule has 0 aliphatic carbocycles. The largest absolute Gasteiger partial charge is 1.00 e. The van der Waals surface area contributed by atoms with Crippen LogP contribution < -0.4 is 18.9 Å². The van der Waals surface area contributed by atoms with Crippen LogP contribution in [0.25, 0.3) is 0 Å². The zero-order valence-electron chi connectivity index (χ0n) is 8.74. The molecule has 0 aliphatic heterocycles. The molecule has 1 unspecified atom stereocenters. The Kier molecular flexibility index (Phi) is 5.67. The Labute approximate surface area is 98.1 Å². The van der Waals surface area contributed by atoms with Crippen LogP contribution in [0.3, 0.4) is 0 Å². The maximum absolute atomic E-state index is 5.22. The van der Waals surface area contributed by atoms with Gasteiger partial charge >= 0.3 is 18.9 Å². The van der Waals surface area contributed by atoms with Crippen molar-refractivity contribution in [3.05, 3.63) is 29.8 Å². The van der Waals surface area contributed by atoms with E-state index in [9.17, 15) is 0 Å². The van der Waals surface area contributed by atoms with E-state index in [1.165, 1.54) is 5.56 Å². The van der Waals surface area contributed by atoms with E-state index in [4.69, 9.17) is 12.6 Å². The summed E-state index contributed by atoms with van der Waals surface area (Å²) >= 11 is 5.22. The minimum Gasteiger partial charge on any atom is -0.779 e. The molecule has 0 radical (unpaired) electrons. The van der Waals surface area contributed by atoms with Crippen molar-refractivity contribution in [3.63, 3.8) is 0 Å². The van der Waals surface area contributed by atoms with Gasteiger partial charge in [0, 0.05) is 6.04 Å². The fourth-order valence-corrected chi connectivity index (χ4v) is 1.42. The minimum absolute atomic E-state index is 0. The average Bonchev–Trinajstić information content (AvgIpc) is 2.04. The second kappa shape index (κ2) is 5.67. The van der Waals surface area contributed by atoms with Crippen molar-refractivity contribution >= 4 is 12.6 Å². The molecule has 0 fully saturated rings. The zero-order chi connectivity index (χ0) is 9.14. The molecule has 13 heavy (non-hydrogen) atoms. The fraction of sp³-hybridized carbons (Fsp3) is 0.400. The molecule has 0 N–H and O–H groups in total. The zero-order valence-corrected chi connectivity index (χ0v) is 9.56. The summed E-state index contributed by atoms with van der Waals surface area (Å²) in [5, 5.41) is 0. The first-order valence-electron chi connectivity index (χ1n) is 4.05. The summed E-state index contributed by atoms with van der Waals surface area (Å²) in [5.41, 5.74) is 1.23. The Balaban J connectivity index is 0.00000144. The average molecular weight is 187 g/mol. The van der Waals surface area contributed by atoms with Gasteiger partial charge < -0.3 is 17.5 Å². The quantitative estimate of drug-likeness (QED) is 0.441. The van der Waals surface area contributed by atoms with Crippen molar-refractivity contribution in [2.24, 2.45) is 0 Å². The van der Waals surface area contributed by atoms with Crippen LogP contribution in [0.4, 0.5) is 0 Å². The Bertz CT molecular complexity index is 263. The van der Waals surface area contributed by atoms with Crippen molar-refractivity contribution < 1.29 is 18.9 Å². The van der Waals surface area contributed by atoms with Crippen LogP contribution >= 0.6 is 0 Å². The summed E-state index contributed by atoms with van der Waals surface area (Å²) in [6.07, 6.45) is 0. The molecule has 1 aromatic rings. The van der Waals surface area contributed by atoms with Crippen LogP contribution in [0, 0.1) is 0 Å². The maximum Gasteiger partial charge on any atom is 1.00 e. The second-order valence-corrected chi connectivity index (χ2v) is 3.62. The predicted molar refractivity (Wildman–Crippen MR) is 54.2 cm³/mol. The predicted octanol–water partition coefficient (Wildman–Crippen LogP) is -0.781. The van der Waals surface area contributed by atoms with Crippen LogP contribution in [-0.4, -0.2) is 19.0 Å². The molecule has 0 aliphatic rings. The molecule has 1 rings (SSSR count). The van der Waals surface area contributed by atoms with Gasteiger partial charge in [-0.15, -0.1) is 0 Å². The molecule has 0 saturated carbocycles. The smallest absolute Gasteiger partial charge is 0.779 e. The molecule has 66 valence electrons. The first kappa shape index (κ1) is 13.0.